The summed E-state index contributed by atoms with van der Waals surface area (Å²) in [6, 6.07) is 3.00. The van der Waals surface area contributed by atoms with Crippen LogP contribution >= 0.6 is 0 Å². The van der Waals surface area contributed by atoms with Crippen molar-refractivity contribution in [2.45, 2.75) is 25.9 Å². The fourth-order valence-corrected chi connectivity index (χ4v) is 2.65. The molecular weight excluding hydrogens is 276 g/mol. The quantitative estimate of drug-likeness (QED) is 0.920. The SMILES string of the molecule is C[C@H](N)C(=O)N1CCN([C@@H](C)c2ccc(F)cc2F)CC1. The average molecular weight is 297 g/mol. The molecule has 0 spiro atoms. The first kappa shape index (κ1) is 15.9. The third-order valence-electron chi connectivity index (χ3n) is 3.98. The van der Waals surface area contributed by atoms with Crippen LogP contribution < -0.4 is 5.73 Å². The summed E-state index contributed by atoms with van der Waals surface area (Å²) in [6.45, 7) is 6.01. The van der Waals surface area contributed by atoms with E-state index in [-0.39, 0.29) is 11.9 Å². The number of carbonyl (C=O) groups is 1. The van der Waals surface area contributed by atoms with Crippen LogP contribution in [-0.2, 0) is 4.79 Å². The highest BCUT2D eigenvalue weighted by molar-refractivity contribution is 5.81. The molecule has 2 N–H and O–H groups in total. The number of benzene rings is 1. The van der Waals surface area contributed by atoms with Crippen LogP contribution in [0.3, 0.4) is 0 Å². The largest absolute Gasteiger partial charge is 0.339 e. The van der Waals surface area contributed by atoms with Gasteiger partial charge < -0.3 is 10.6 Å². The molecule has 2 atom stereocenters. The highest BCUT2D eigenvalue weighted by Crippen LogP contribution is 2.24. The van der Waals surface area contributed by atoms with Gasteiger partial charge in [-0.15, -0.1) is 0 Å². The minimum atomic E-state index is -0.573. The van der Waals surface area contributed by atoms with Crippen molar-refractivity contribution in [2.75, 3.05) is 26.2 Å². The van der Waals surface area contributed by atoms with Gasteiger partial charge in [0.1, 0.15) is 11.6 Å². The van der Waals surface area contributed by atoms with Crippen LogP contribution in [0.25, 0.3) is 0 Å². The molecule has 116 valence electrons. The van der Waals surface area contributed by atoms with Gasteiger partial charge in [-0.05, 0) is 19.9 Å². The molecule has 1 aromatic rings. The first-order chi connectivity index (χ1) is 9.90. The zero-order valence-electron chi connectivity index (χ0n) is 12.4. The Kier molecular flexibility index (Phi) is 4.90. The molecule has 0 unspecified atom stereocenters. The van der Waals surface area contributed by atoms with E-state index in [0.717, 1.165) is 6.07 Å². The van der Waals surface area contributed by atoms with E-state index in [2.05, 4.69) is 4.90 Å². The molecule has 0 bridgehead atoms. The minimum absolute atomic E-state index is 0.0599. The van der Waals surface area contributed by atoms with E-state index in [1.165, 1.54) is 12.1 Å². The third-order valence-corrected chi connectivity index (χ3v) is 3.98. The lowest BCUT2D eigenvalue weighted by molar-refractivity contribution is -0.134. The highest BCUT2D eigenvalue weighted by Gasteiger charge is 2.27. The van der Waals surface area contributed by atoms with Crippen LogP contribution in [0, 0.1) is 11.6 Å². The van der Waals surface area contributed by atoms with Gasteiger partial charge in [-0.3, -0.25) is 9.69 Å². The zero-order valence-corrected chi connectivity index (χ0v) is 12.4. The minimum Gasteiger partial charge on any atom is -0.339 e. The average Bonchev–Trinajstić information content (AvgIpc) is 2.46. The van der Waals surface area contributed by atoms with Crippen molar-refractivity contribution in [1.82, 2.24) is 9.80 Å². The van der Waals surface area contributed by atoms with Crippen LogP contribution in [-0.4, -0.2) is 47.9 Å². The Morgan fingerprint density at radius 1 is 1.19 bits per heavy atom. The summed E-state index contributed by atoms with van der Waals surface area (Å²) in [4.78, 5) is 15.6. The molecule has 1 aliphatic heterocycles. The van der Waals surface area contributed by atoms with E-state index in [4.69, 9.17) is 5.73 Å². The van der Waals surface area contributed by atoms with Crippen molar-refractivity contribution in [3.63, 3.8) is 0 Å². The Hall–Kier alpha value is -1.53. The van der Waals surface area contributed by atoms with Crippen LogP contribution in [0.5, 0.6) is 0 Å². The highest BCUT2D eigenvalue weighted by atomic mass is 19.1. The molecule has 1 aromatic carbocycles. The summed E-state index contributed by atoms with van der Waals surface area (Å²) >= 11 is 0. The van der Waals surface area contributed by atoms with E-state index < -0.39 is 17.7 Å². The number of amides is 1. The van der Waals surface area contributed by atoms with Crippen molar-refractivity contribution in [3.05, 3.63) is 35.4 Å². The summed E-state index contributed by atoms with van der Waals surface area (Å²) in [6.07, 6.45) is 0. The maximum atomic E-state index is 13.8. The van der Waals surface area contributed by atoms with E-state index >= 15 is 0 Å². The molecule has 1 heterocycles. The summed E-state index contributed by atoms with van der Waals surface area (Å²) < 4.78 is 26.8. The maximum absolute atomic E-state index is 13.8. The molecular formula is C15H21F2N3O. The van der Waals surface area contributed by atoms with E-state index in [1.54, 1.807) is 11.8 Å². The van der Waals surface area contributed by atoms with E-state index in [0.29, 0.717) is 31.7 Å². The lowest BCUT2D eigenvalue weighted by Gasteiger charge is -2.38. The Morgan fingerprint density at radius 2 is 1.81 bits per heavy atom. The molecule has 21 heavy (non-hydrogen) atoms. The molecule has 1 aliphatic rings. The van der Waals surface area contributed by atoms with Crippen molar-refractivity contribution >= 4 is 5.91 Å². The van der Waals surface area contributed by atoms with Crippen LogP contribution in [0.2, 0.25) is 0 Å². The summed E-state index contributed by atoms with van der Waals surface area (Å²) in [7, 11) is 0. The second-order valence-corrected chi connectivity index (χ2v) is 5.49. The molecule has 1 amide bonds. The number of halogens is 2. The fraction of sp³-hybridized carbons (Fsp3) is 0.533. The number of hydrogen-bond acceptors (Lipinski definition) is 3. The Balaban J connectivity index is 2.00. The van der Waals surface area contributed by atoms with E-state index in [9.17, 15) is 13.6 Å². The monoisotopic (exact) mass is 297 g/mol. The van der Waals surface area contributed by atoms with Gasteiger partial charge in [0.05, 0.1) is 6.04 Å². The van der Waals surface area contributed by atoms with Gasteiger partial charge in [0.2, 0.25) is 5.91 Å². The number of nitrogens with two attached hydrogens (primary N) is 1. The van der Waals surface area contributed by atoms with Gasteiger partial charge in [-0.25, -0.2) is 8.78 Å². The van der Waals surface area contributed by atoms with Gasteiger partial charge in [-0.1, -0.05) is 6.07 Å². The number of piperazine rings is 1. The lowest BCUT2D eigenvalue weighted by Crippen LogP contribution is -2.52. The van der Waals surface area contributed by atoms with Gasteiger partial charge in [0.15, 0.2) is 0 Å². The molecule has 1 saturated heterocycles. The molecule has 4 nitrogen and oxygen atoms in total. The smallest absolute Gasteiger partial charge is 0.239 e. The van der Waals surface area contributed by atoms with Gasteiger partial charge >= 0.3 is 0 Å². The first-order valence-corrected chi connectivity index (χ1v) is 7.13. The number of carbonyl (C=O) groups excluding carboxylic acids is 1. The third kappa shape index (κ3) is 3.57. The maximum Gasteiger partial charge on any atom is 0.239 e. The van der Waals surface area contributed by atoms with Gasteiger partial charge in [0, 0.05) is 43.9 Å². The van der Waals surface area contributed by atoms with Gasteiger partial charge in [0.25, 0.3) is 0 Å². The molecule has 2 rings (SSSR count). The summed E-state index contributed by atoms with van der Waals surface area (Å²) in [5.74, 6) is -1.16. The van der Waals surface area contributed by atoms with Crippen molar-refractivity contribution in [2.24, 2.45) is 5.73 Å². The zero-order chi connectivity index (χ0) is 15.6. The predicted octanol–water partition coefficient (Wildman–Crippen LogP) is 1.52. The molecule has 0 aliphatic carbocycles. The number of rotatable bonds is 3. The molecule has 0 radical (unpaired) electrons. The van der Waals surface area contributed by atoms with Crippen LogP contribution in [0.15, 0.2) is 18.2 Å². The predicted molar refractivity (Wildman–Crippen MR) is 76.6 cm³/mol. The first-order valence-electron chi connectivity index (χ1n) is 7.13. The van der Waals surface area contributed by atoms with Crippen molar-refractivity contribution < 1.29 is 13.6 Å². The molecule has 0 aromatic heterocycles. The van der Waals surface area contributed by atoms with Crippen LogP contribution in [0.4, 0.5) is 8.78 Å². The number of hydrogen-bond donors (Lipinski definition) is 1. The second kappa shape index (κ2) is 6.49. The summed E-state index contributed by atoms with van der Waals surface area (Å²) in [5, 5.41) is 0. The van der Waals surface area contributed by atoms with Crippen molar-refractivity contribution in [1.29, 1.82) is 0 Å². The molecule has 6 heteroatoms. The molecule has 1 fully saturated rings. The lowest BCUT2D eigenvalue weighted by atomic mass is 10.1. The normalized spacial score (nSPS) is 19.4. The fourth-order valence-electron chi connectivity index (χ4n) is 2.65. The Labute approximate surface area is 123 Å². The number of nitrogens with zero attached hydrogens (tertiary/aromatic N) is 2. The second-order valence-electron chi connectivity index (χ2n) is 5.49. The van der Waals surface area contributed by atoms with Gasteiger partial charge in [-0.2, -0.15) is 0 Å². The topological polar surface area (TPSA) is 49.6 Å². The van der Waals surface area contributed by atoms with Crippen molar-refractivity contribution in [3.8, 4) is 0 Å². The standard InChI is InChI=1S/C15H21F2N3O/c1-10(18)15(21)20-7-5-19(6-8-20)11(2)13-4-3-12(16)9-14(13)17/h3-4,9-11H,5-8,18H2,1-2H3/t10-,11-/m0/s1. The Bertz CT molecular complexity index is 514. The van der Waals surface area contributed by atoms with E-state index in [1.807, 2.05) is 6.92 Å². The van der Waals surface area contributed by atoms with Crippen LogP contribution in [0.1, 0.15) is 25.5 Å². The molecule has 0 saturated carbocycles. The summed E-state index contributed by atoms with van der Waals surface area (Å²) in [5.41, 5.74) is 6.07. The Morgan fingerprint density at radius 3 is 2.33 bits per heavy atom.